The van der Waals surface area contributed by atoms with Gasteiger partial charge in [-0.2, -0.15) is 0 Å². The van der Waals surface area contributed by atoms with Gasteiger partial charge in [0.15, 0.2) is 0 Å². The second-order valence-corrected chi connectivity index (χ2v) is 5.56. The maximum absolute atomic E-state index is 5.73. The number of hydrogen-bond acceptors (Lipinski definition) is 3. The molecule has 1 aromatic carbocycles. The van der Waals surface area contributed by atoms with E-state index in [4.69, 9.17) is 21.1 Å². The van der Waals surface area contributed by atoms with Gasteiger partial charge in [-0.3, -0.25) is 0 Å². The van der Waals surface area contributed by atoms with E-state index in [-0.39, 0.29) is 0 Å². The van der Waals surface area contributed by atoms with E-state index in [1.807, 2.05) is 6.07 Å². The lowest BCUT2D eigenvalue weighted by Gasteiger charge is -2.10. The summed E-state index contributed by atoms with van der Waals surface area (Å²) >= 11 is 9.24. The fourth-order valence-electron chi connectivity index (χ4n) is 2.06. The van der Waals surface area contributed by atoms with E-state index >= 15 is 0 Å². The second-order valence-electron chi connectivity index (χ2n) is 4.26. The molecule has 0 spiro atoms. The van der Waals surface area contributed by atoms with Crippen LogP contribution in [0.2, 0.25) is 5.15 Å². The van der Waals surface area contributed by atoms with Crippen LogP contribution in [0.1, 0.15) is 11.1 Å². The second kappa shape index (κ2) is 5.39. The highest BCUT2D eigenvalue weighted by Gasteiger charge is 2.17. The molecule has 0 saturated carbocycles. The highest BCUT2D eigenvalue weighted by molar-refractivity contribution is 9.10. The summed E-state index contributed by atoms with van der Waals surface area (Å²) in [7, 11) is 0. The molecule has 3 nitrogen and oxygen atoms in total. The highest BCUT2D eigenvalue weighted by atomic mass is 79.9. The Balaban J connectivity index is 1.78. The molecule has 0 unspecified atom stereocenters. The van der Waals surface area contributed by atoms with Gasteiger partial charge in [0, 0.05) is 16.5 Å². The number of nitrogens with zero attached hydrogens (tertiary/aromatic N) is 1. The minimum absolute atomic E-state index is 0.449. The summed E-state index contributed by atoms with van der Waals surface area (Å²) < 4.78 is 12.4. The number of ether oxygens (including phenoxy) is 2. The summed E-state index contributed by atoms with van der Waals surface area (Å²) in [5.74, 6) is 1.64. The largest absolute Gasteiger partial charge is 0.493 e. The zero-order chi connectivity index (χ0) is 13.2. The summed E-state index contributed by atoms with van der Waals surface area (Å²) in [5, 5.41) is 0.457. The van der Waals surface area contributed by atoms with Gasteiger partial charge >= 0.3 is 0 Å². The van der Waals surface area contributed by atoms with E-state index in [0.29, 0.717) is 17.5 Å². The molecule has 0 N–H and O–H groups in total. The summed E-state index contributed by atoms with van der Waals surface area (Å²) in [4.78, 5) is 3.98. The van der Waals surface area contributed by atoms with Crippen molar-refractivity contribution in [2.45, 2.75) is 13.0 Å². The van der Waals surface area contributed by atoms with Gasteiger partial charge in [-0.05, 0) is 29.8 Å². The van der Waals surface area contributed by atoms with Crippen molar-refractivity contribution in [2.24, 2.45) is 0 Å². The van der Waals surface area contributed by atoms with Gasteiger partial charge < -0.3 is 9.47 Å². The third-order valence-electron chi connectivity index (χ3n) is 2.92. The van der Waals surface area contributed by atoms with E-state index < -0.39 is 0 Å². The zero-order valence-corrected chi connectivity index (χ0v) is 12.4. The van der Waals surface area contributed by atoms with Crippen LogP contribution in [-0.2, 0) is 13.0 Å². The van der Waals surface area contributed by atoms with Crippen molar-refractivity contribution in [3.05, 3.63) is 51.2 Å². The fourth-order valence-corrected chi connectivity index (χ4v) is 2.73. The Morgan fingerprint density at radius 2 is 2.26 bits per heavy atom. The monoisotopic (exact) mass is 339 g/mol. The van der Waals surface area contributed by atoms with Gasteiger partial charge in [0.2, 0.25) is 0 Å². The fraction of sp³-hybridized carbons (Fsp3) is 0.214. The van der Waals surface area contributed by atoms with Crippen LogP contribution in [0.15, 0.2) is 34.9 Å². The lowest BCUT2D eigenvalue weighted by atomic mass is 10.1. The average Bonchev–Trinajstić information content (AvgIpc) is 2.85. The third kappa shape index (κ3) is 2.85. The van der Waals surface area contributed by atoms with E-state index in [2.05, 4.69) is 27.0 Å². The first-order valence-corrected chi connectivity index (χ1v) is 7.08. The van der Waals surface area contributed by atoms with Crippen molar-refractivity contribution in [1.29, 1.82) is 0 Å². The van der Waals surface area contributed by atoms with Crippen LogP contribution in [0.3, 0.4) is 0 Å². The van der Waals surface area contributed by atoms with Crippen molar-refractivity contribution >= 4 is 27.5 Å². The molecule has 98 valence electrons. The Hall–Kier alpha value is -1.26. The Morgan fingerprint density at radius 1 is 1.37 bits per heavy atom. The first-order valence-electron chi connectivity index (χ1n) is 5.91. The molecule has 0 amide bonds. The van der Waals surface area contributed by atoms with E-state index in [9.17, 15) is 0 Å². The number of rotatable bonds is 3. The smallest absolute Gasteiger partial charge is 0.138 e. The molecule has 0 radical (unpaired) electrons. The molecule has 0 fully saturated rings. The van der Waals surface area contributed by atoms with Gasteiger partial charge in [-0.15, -0.1) is 0 Å². The van der Waals surface area contributed by atoms with Crippen molar-refractivity contribution in [1.82, 2.24) is 4.98 Å². The predicted octanol–water partition coefficient (Wildman–Crippen LogP) is 4.01. The number of hydrogen-bond donors (Lipinski definition) is 0. The Labute approximate surface area is 124 Å². The van der Waals surface area contributed by atoms with Crippen LogP contribution >= 0.6 is 27.5 Å². The van der Waals surface area contributed by atoms with Crippen LogP contribution < -0.4 is 9.47 Å². The Morgan fingerprint density at radius 3 is 3.05 bits per heavy atom. The number of halogens is 2. The summed E-state index contributed by atoms with van der Waals surface area (Å²) in [6.07, 6.45) is 2.56. The molecule has 19 heavy (non-hydrogen) atoms. The van der Waals surface area contributed by atoms with Gasteiger partial charge in [-0.25, -0.2) is 4.98 Å². The van der Waals surface area contributed by atoms with Crippen molar-refractivity contribution in [3.8, 4) is 11.5 Å². The SMILES string of the molecule is Clc1ccc(OCc2cc(Br)cc3c2OCC3)cn1. The molecular formula is C14H11BrClNO2. The van der Waals surface area contributed by atoms with Crippen LogP contribution in [0.4, 0.5) is 0 Å². The van der Waals surface area contributed by atoms with E-state index in [1.54, 1.807) is 18.3 Å². The minimum atomic E-state index is 0.449. The number of benzene rings is 1. The Kier molecular flexibility index (Phi) is 3.62. The number of pyridine rings is 1. The molecule has 2 aromatic rings. The van der Waals surface area contributed by atoms with Crippen molar-refractivity contribution in [3.63, 3.8) is 0 Å². The van der Waals surface area contributed by atoms with E-state index in [0.717, 1.165) is 28.8 Å². The third-order valence-corrected chi connectivity index (χ3v) is 3.60. The molecule has 0 aliphatic carbocycles. The number of fused-ring (bicyclic) bond motifs is 1. The van der Waals surface area contributed by atoms with Crippen LogP contribution in [0, 0.1) is 0 Å². The molecular weight excluding hydrogens is 330 g/mol. The van der Waals surface area contributed by atoms with Gasteiger partial charge in [0.25, 0.3) is 0 Å². The topological polar surface area (TPSA) is 31.4 Å². The number of aromatic nitrogens is 1. The van der Waals surface area contributed by atoms with Gasteiger partial charge in [0.05, 0.1) is 12.8 Å². The maximum atomic E-state index is 5.73. The maximum Gasteiger partial charge on any atom is 0.138 e. The summed E-state index contributed by atoms with van der Waals surface area (Å²) in [6.45, 7) is 1.19. The minimum Gasteiger partial charge on any atom is -0.493 e. The molecule has 1 aliphatic rings. The molecule has 1 aliphatic heterocycles. The zero-order valence-electron chi connectivity index (χ0n) is 10.0. The van der Waals surface area contributed by atoms with Gasteiger partial charge in [-0.1, -0.05) is 27.5 Å². The average molecular weight is 341 g/mol. The standard InChI is InChI=1S/C14H11BrClNO2/c15-11-5-9-3-4-18-14(9)10(6-11)8-19-12-1-2-13(16)17-7-12/h1-2,5-7H,3-4,8H2. The van der Waals surface area contributed by atoms with Gasteiger partial charge in [0.1, 0.15) is 23.3 Å². The highest BCUT2D eigenvalue weighted by Crippen LogP contribution is 2.33. The lowest BCUT2D eigenvalue weighted by Crippen LogP contribution is -1.99. The first kappa shape index (κ1) is 12.8. The molecule has 2 heterocycles. The summed E-state index contributed by atoms with van der Waals surface area (Å²) in [6, 6.07) is 7.62. The van der Waals surface area contributed by atoms with Crippen molar-refractivity contribution in [2.75, 3.05) is 6.61 Å². The van der Waals surface area contributed by atoms with Crippen LogP contribution in [0.25, 0.3) is 0 Å². The molecule has 0 bridgehead atoms. The molecule has 3 rings (SSSR count). The quantitative estimate of drug-likeness (QED) is 0.791. The molecule has 1 aromatic heterocycles. The Bertz CT molecular complexity index is 601. The summed E-state index contributed by atoms with van der Waals surface area (Å²) in [5.41, 5.74) is 2.26. The van der Waals surface area contributed by atoms with Crippen molar-refractivity contribution < 1.29 is 9.47 Å². The normalized spacial score (nSPS) is 12.9. The molecule has 0 saturated heterocycles. The lowest BCUT2D eigenvalue weighted by molar-refractivity contribution is 0.291. The van der Waals surface area contributed by atoms with Crippen LogP contribution in [0.5, 0.6) is 11.5 Å². The first-order chi connectivity index (χ1) is 9.22. The predicted molar refractivity (Wildman–Crippen MR) is 76.9 cm³/mol. The van der Waals surface area contributed by atoms with E-state index in [1.165, 1.54) is 5.56 Å². The molecule has 0 atom stereocenters. The molecule has 5 heteroatoms. The van der Waals surface area contributed by atoms with Crippen LogP contribution in [-0.4, -0.2) is 11.6 Å².